The average molecular weight is 385 g/mol. The Hall–Kier alpha value is -2.80. The van der Waals surface area contributed by atoms with Crippen molar-refractivity contribution in [3.05, 3.63) is 70.6 Å². The molecule has 0 radical (unpaired) electrons. The zero-order chi connectivity index (χ0) is 18.8. The Kier molecular flexibility index (Phi) is 4.85. The third-order valence-electron chi connectivity index (χ3n) is 4.54. The molecule has 2 aromatic carbocycles. The van der Waals surface area contributed by atoms with Crippen LogP contribution in [-0.4, -0.2) is 22.5 Å². The zero-order valence-electron chi connectivity index (χ0n) is 14.4. The molecule has 1 fully saturated rings. The van der Waals surface area contributed by atoms with E-state index in [9.17, 15) is 13.6 Å². The van der Waals surface area contributed by atoms with E-state index in [0.29, 0.717) is 17.9 Å². The molecule has 2 amide bonds. The Bertz CT molecular complexity index is 958. The van der Waals surface area contributed by atoms with Gasteiger partial charge in [0.25, 0.3) is 0 Å². The van der Waals surface area contributed by atoms with E-state index in [1.807, 2.05) is 11.4 Å². The first-order valence-electron chi connectivity index (χ1n) is 8.65. The molecule has 0 aliphatic carbocycles. The first kappa shape index (κ1) is 17.6. The van der Waals surface area contributed by atoms with Crippen LogP contribution in [-0.2, 0) is 0 Å². The van der Waals surface area contributed by atoms with Crippen molar-refractivity contribution < 1.29 is 13.6 Å². The second kappa shape index (κ2) is 7.44. The molecule has 27 heavy (non-hydrogen) atoms. The van der Waals surface area contributed by atoms with Crippen LogP contribution in [0.3, 0.4) is 0 Å². The lowest BCUT2D eigenvalue weighted by Gasteiger charge is -2.23. The number of rotatable bonds is 3. The number of amides is 2. The van der Waals surface area contributed by atoms with Gasteiger partial charge in [-0.05, 0) is 49.2 Å². The quantitative estimate of drug-likeness (QED) is 0.651. The zero-order valence-corrected chi connectivity index (χ0v) is 15.2. The lowest BCUT2D eigenvalue weighted by molar-refractivity contribution is 0.207. The first-order chi connectivity index (χ1) is 13.1. The second-order valence-electron chi connectivity index (χ2n) is 6.37. The molecule has 1 aromatic heterocycles. The number of nitrogens with one attached hydrogen (secondary N) is 1. The molecule has 2 heterocycles. The van der Waals surface area contributed by atoms with Gasteiger partial charge in [0, 0.05) is 23.2 Å². The molecule has 4 nitrogen and oxygen atoms in total. The van der Waals surface area contributed by atoms with Gasteiger partial charge in [0.05, 0.1) is 11.7 Å². The summed E-state index contributed by atoms with van der Waals surface area (Å²) in [6.07, 6.45) is 1.71. The van der Waals surface area contributed by atoms with E-state index >= 15 is 0 Å². The first-order valence-corrected chi connectivity index (χ1v) is 9.53. The molecule has 1 saturated heterocycles. The van der Waals surface area contributed by atoms with Crippen LogP contribution >= 0.6 is 11.3 Å². The van der Waals surface area contributed by atoms with E-state index in [0.717, 1.165) is 23.4 Å². The van der Waals surface area contributed by atoms with E-state index in [4.69, 9.17) is 0 Å². The van der Waals surface area contributed by atoms with Crippen LogP contribution in [0.4, 0.5) is 19.3 Å². The van der Waals surface area contributed by atoms with Crippen molar-refractivity contribution >= 4 is 23.1 Å². The molecule has 138 valence electrons. The summed E-state index contributed by atoms with van der Waals surface area (Å²) in [5.41, 5.74) is 1.98. The highest BCUT2D eigenvalue weighted by molar-refractivity contribution is 7.10. The molecular formula is C20H17F2N3OS. The molecule has 1 atom stereocenters. The molecule has 0 saturated carbocycles. The lowest BCUT2D eigenvalue weighted by Crippen LogP contribution is -2.34. The average Bonchev–Trinajstić information content (AvgIpc) is 3.33. The Morgan fingerprint density at radius 3 is 2.74 bits per heavy atom. The summed E-state index contributed by atoms with van der Waals surface area (Å²) < 4.78 is 26.5. The molecule has 0 spiro atoms. The van der Waals surface area contributed by atoms with Gasteiger partial charge in [0.2, 0.25) is 0 Å². The van der Waals surface area contributed by atoms with E-state index in [2.05, 4.69) is 10.3 Å². The van der Waals surface area contributed by atoms with Crippen LogP contribution in [0, 0.1) is 11.6 Å². The minimum Gasteiger partial charge on any atom is -0.315 e. The summed E-state index contributed by atoms with van der Waals surface area (Å²) in [7, 11) is 0. The van der Waals surface area contributed by atoms with E-state index in [-0.39, 0.29) is 23.7 Å². The van der Waals surface area contributed by atoms with Gasteiger partial charge in [-0.2, -0.15) is 0 Å². The van der Waals surface area contributed by atoms with Crippen molar-refractivity contribution in [1.82, 2.24) is 9.88 Å². The Balaban J connectivity index is 1.51. The second-order valence-corrected chi connectivity index (χ2v) is 7.26. The molecule has 1 N–H and O–H groups in total. The standard InChI is InChI=1S/C20H17F2N3OS/c21-14-6-8-16(9-7-14)23-20(26)25-10-2-5-18(25)19-24-17(12-27-19)13-3-1-4-15(22)11-13/h1,3-4,6-9,11-12,18H,2,5,10H2,(H,23,26)/t18-/m0/s1. The van der Waals surface area contributed by atoms with E-state index in [1.54, 1.807) is 11.0 Å². The number of thiazole rings is 1. The van der Waals surface area contributed by atoms with Crippen molar-refractivity contribution in [3.63, 3.8) is 0 Å². The molecule has 0 unspecified atom stereocenters. The number of urea groups is 1. The Labute approximate surface area is 159 Å². The van der Waals surface area contributed by atoms with Crippen LogP contribution < -0.4 is 5.32 Å². The van der Waals surface area contributed by atoms with Gasteiger partial charge in [-0.15, -0.1) is 11.3 Å². The summed E-state index contributed by atoms with van der Waals surface area (Å²) in [6.45, 7) is 0.632. The minimum atomic E-state index is -0.347. The summed E-state index contributed by atoms with van der Waals surface area (Å²) in [6, 6.07) is 11.7. The number of carbonyl (C=O) groups is 1. The molecule has 1 aliphatic heterocycles. The van der Waals surface area contributed by atoms with Crippen molar-refractivity contribution in [1.29, 1.82) is 0 Å². The normalized spacial score (nSPS) is 16.5. The number of hydrogen-bond donors (Lipinski definition) is 1. The topological polar surface area (TPSA) is 45.2 Å². The fourth-order valence-electron chi connectivity index (χ4n) is 3.22. The van der Waals surface area contributed by atoms with Crippen molar-refractivity contribution in [3.8, 4) is 11.3 Å². The highest BCUT2D eigenvalue weighted by atomic mass is 32.1. The monoisotopic (exact) mass is 385 g/mol. The van der Waals surface area contributed by atoms with Gasteiger partial charge in [-0.3, -0.25) is 0 Å². The summed E-state index contributed by atoms with van der Waals surface area (Å²) in [5, 5.41) is 5.53. The predicted molar refractivity (Wildman–Crippen MR) is 102 cm³/mol. The fraction of sp³-hybridized carbons (Fsp3) is 0.200. The maximum Gasteiger partial charge on any atom is 0.322 e. The third-order valence-corrected chi connectivity index (χ3v) is 5.48. The smallest absolute Gasteiger partial charge is 0.315 e. The van der Waals surface area contributed by atoms with E-state index < -0.39 is 0 Å². The molecule has 1 aliphatic rings. The van der Waals surface area contributed by atoms with Crippen LogP contribution in [0.15, 0.2) is 53.9 Å². The van der Waals surface area contributed by atoms with Gasteiger partial charge in [-0.25, -0.2) is 18.6 Å². The van der Waals surface area contributed by atoms with E-state index in [1.165, 1.54) is 47.7 Å². The summed E-state index contributed by atoms with van der Waals surface area (Å²) in [5.74, 6) is -0.650. The fourth-order valence-corrected chi connectivity index (χ4v) is 4.19. The van der Waals surface area contributed by atoms with Gasteiger partial charge >= 0.3 is 6.03 Å². The number of likely N-dealkylation sites (tertiary alicyclic amines) is 1. The van der Waals surface area contributed by atoms with Crippen LogP contribution in [0.1, 0.15) is 23.9 Å². The molecule has 4 rings (SSSR count). The highest BCUT2D eigenvalue weighted by Crippen LogP contribution is 2.36. The Morgan fingerprint density at radius 2 is 1.96 bits per heavy atom. The number of benzene rings is 2. The molecular weight excluding hydrogens is 368 g/mol. The number of hydrogen-bond acceptors (Lipinski definition) is 3. The van der Waals surface area contributed by atoms with Gasteiger partial charge in [-0.1, -0.05) is 12.1 Å². The number of carbonyl (C=O) groups excluding carboxylic acids is 1. The number of nitrogens with zero attached hydrogens (tertiary/aromatic N) is 2. The van der Waals surface area contributed by atoms with Gasteiger partial charge < -0.3 is 10.2 Å². The third kappa shape index (κ3) is 3.83. The van der Waals surface area contributed by atoms with Gasteiger partial charge in [0.15, 0.2) is 0 Å². The largest absolute Gasteiger partial charge is 0.322 e. The van der Waals surface area contributed by atoms with Crippen molar-refractivity contribution in [2.75, 3.05) is 11.9 Å². The predicted octanol–water partition coefficient (Wildman–Crippen LogP) is 5.46. The lowest BCUT2D eigenvalue weighted by atomic mass is 10.1. The van der Waals surface area contributed by atoms with Crippen molar-refractivity contribution in [2.45, 2.75) is 18.9 Å². The molecule has 0 bridgehead atoms. The SMILES string of the molecule is O=C(Nc1ccc(F)cc1)N1CCC[C@H]1c1nc(-c2cccc(F)c2)cs1. The minimum absolute atomic E-state index is 0.113. The summed E-state index contributed by atoms with van der Waals surface area (Å²) >= 11 is 1.47. The number of anilines is 1. The molecule has 7 heteroatoms. The van der Waals surface area contributed by atoms with Crippen molar-refractivity contribution in [2.24, 2.45) is 0 Å². The van der Waals surface area contributed by atoms with Crippen LogP contribution in [0.5, 0.6) is 0 Å². The number of aromatic nitrogens is 1. The summed E-state index contributed by atoms with van der Waals surface area (Å²) in [4.78, 5) is 19.0. The maximum absolute atomic E-state index is 13.5. The van der Waals surface area contributed by atoms with Gasteiger partial charge in [0.1, 0.15) is 16.6 Å². The molecule has 3 aromatic rings. The van der Waals surface area contributed by atoms with Crippen LogP contribution in [0.25, 0.3) is 11.3 Å². The maximum atomic E-state index is 13.5. The van der Waals surface area contributed by atoms with Crippen LogP contribution in [0.2, 0.25) is 0 Å². The highest BCUT2D eigenvalue weighted by Gasteiger charge is 2.32. The number of halogens is 2. The Morgan fingerprint density at radius 1 is 1.15 bits per heavy atom.